The molecule has 0 heterocycles. The Morgan fingerprint density at radius 2 is 1.48 bits per heavy atom. The first-order chi connectivity index (χ1) is 15.9. The summed E-state index contributed by atoms with van der Waals surface area (Å²) < 4.78 is 15.9. The lowest BCUT2D eigenvalue weighted by Gasteiger charge is -2.19. The number of rotatable bonds is 8. The average molecular weight is 488 g/mol. The van der Waals surface area contributed by atoms with Crippen LogP contribution in [0.5, 0.6) is 11.5 Å². The van der Waals surface area contributed by atoms with E-state index in [1.165, 1.54) is 7.11 Å². The minimum absolute atomic E-state index is 0.0961. The van der Waals surface area contributed by atoms with E-state index in [0.29, 0.717) is 11.5 Å². The number of carbonyl (C=O) groups is 2. The third kappa shape index (κ3) is 5.59. The van der Waals surface area contributed by atoms with E-state index in [1.807, 2.05) is 42.5 Å². The highest BCUT2D eigenvalue weighted by atomic mass is 35.5. The normalized spacial score (nSPS) is 11.4. The molecule has 0 saturated heterocycles. The molecule has 0 aromatic heterocycles. The fourth-order valence-corrected chi connectivity index (χ4v) is 4.04. The van der Waals surface area contributed by atoms with Gasteiger partial charge in [-0.3, -0.25) is 4.79 Å². The summed E-state index contributed by atoms with van der Waals surface area (Å²) >= 11 is 12.3. The van der Waals surface area contributed by atoms with Crippen molar-refractivity contribution in [2.75, 3.05) is 21.3 Å². The van der Waals surface area contributed by atoms with Crippen molar-refractivity contribution in [3.63, 3.8) is 0 Å². The van der Waals surface area contributed by atoms with Crippen LogP contribution < -0.4 is 14.8 Å². The van der Waals surface area contributed by atoms with Crippen LogP contribution in [0, 0.1) is 0 Å². The fourth-order valence-electron chi connectivity index (χ4n) is 3.47. The van der Waals surface area contributed by atoms with E-state index in [4.69, 9.17) is 37.4 Å². The topological polar surface area (TPSA) is 73.9 Å². The Labute approximate surface area is 202 Å². The van der Waals surface area contributed by atoms with Gasteiger partial charge in [0.2, 0.25) is 0 Å². The van der Waals surface area contributed by atoms with Crippen molar-refractivity contribution in [3.8, 4) is 22.6 Å². The van der Waals surface area contributed by atoms with Crippen LogP contribution in [0.3, 0.4) is 0 Å². The number of hydrogen-bond acceptors (Lipinski definition) is 5. The van der Waals surface area contributed by atoms with Crippen molar-refractivity contribution in [1.29, 1.82) is 0 Å². The largest absolute Gasteiger partial charge is 0.496 e. The maximum Gasteiger partial charge on any atom is 0.328 e. The number of carbonyl (C=O) groups excluding carboxylic acids is 2. The highest BCUT2D eigenvalue weighted by Gasteiger charge is 2.25. The molecule has 3 aromatic carbocycles. The lowest BCUT2D eigenvalue weighted by atomic mass is 9.98. The maximum atomic E-state index is 12.8. The molecule has 0 spiro atoms. The van der Waals surface area contributed by atoms with Crippen LogP contribution in [0.2, 0.25) is 10.0 Å². The quantitative estimate of drug-likeness (QED) is 0.442. The molecule has 33 heavy (non-hydrogen) atoms. The van der Waals surface area contributed by atoms with Crippen LogP contribution in [0.15, 0.2) is 60.7 Å². The van der Waals surface area contributed by atoms with Crippen LogP contribution in [0.25, 0.3) is 11.1 Å². The molecule has 0 unspecified atom stereocenters. The molecule has 0 saturated carbocycles. The molecule has 0 bridgehead atoms. The molecule has 8 heteroatoms. The molecule has 0 aliphatic heterocycles. The van der Waals surface area contributed by atoms with Crippen molar-refractivity contribution in [1.82, 2.24) is 5.32 Å². The molecule has 0 radical (unpaired) electrons. The number of esters is 1. The van der Waals surface area contributed by atoms with Gasteiger partial charge in [0.05, 0.1) is 36.9 Å². The first kappa shape index (κ1) is 24.4. The predicted molar refractivity (Wildman–Crippen MR) is 128 cm³/mol. The summed E-state index contributed by atoms with van der Waals surface area (Å²) in [6.07, 6.45) is 0.170. The van der Waals surface area contributed by atoms with Gasteiger partial charge in [-0.05, 0) is 29.8 Å². The van der Waals surface area contributed by atoms with Crippen molar-refractivity contribution < 1.29 is 23.8 Å². The highest BCUT2D eigenvalue weighted by molar-refractivity contribution is 6.39. The zero-order valence-corrected chi connectivity index (χ0v) is 19.9. The number of para-hydroxylation sites is 1. The van der Waals surface area contributed by atoms with Gasteiger partial charge < -0.3 is 19.5 Å². The molecule has 0 fully saturated rings. The monoisotopic (exact) mass is 487 g/mol. The van der Waals surface area contributed by atoms with E-state index in [1.54, 1.807) is 32.4 Å². The summed E-state index contributed by atoms with van der Waals surface area (Å²) in [4.78, 5) is 25.2. The lowest BCUT2D eigenvalue weighted by Crippen LogP contribution is -2.43. The smallest absolute Gasteiger partial charge is 0.328 e. The molecule has 1 N–H and O–H groups in total. The van der Waals surface area contributed by atoms with E-state index in [9.17, 15) is 9.59 Å². The first-order valence-electron chi connectivity index (χ1n) is 10.0. The zero-order valence-electron chi connectivity index (χ0n) is 18.4. The summed E-state index contributed by atoms with van der Waals surface area (Å²) in [5, 5.41) is 3.05. The Morgan fingerprint density at radius 3 is 2.12 bits per heavy atom. The highest BCUT2D eigenvalue weighted by Crippen LogP contribution is 2.37. The first-order valence-corrected chi connectivity index (χ1v) is 10.8. The van der Waals surface area contributed by atoms with Crippen LogP contribution in [-0.4, -0.2) is 39.2 Å². The van der Waals surface area contributed by atoms with Gasteiger partial charge in [0.1, 0.15) is 17.5 Å². The summed E-state index contributed by atoms with van der Waals surface area (Å²) in [7, 11) is 4.43. The third-order valence-corrected chi connectivity index (χ3v) is 5.71. The standard InChI is InChI=1S/C25H23Cl2NO5/c1-31-21-10-5-4-7-16(21)17-12-11-15(14-22(17)32-2)13-20(25(30)33-3)28-24(29)23-18(26)8-6-9-19(23)27/h4-12,14,20H,13H2,1-3H3,(H,28,29)/t20-/m0/s1. The van der Waals surface area contributed by atoms with Crippen LogP contribution in [-0.2, 0) is 16.0 Å². The van der Waals surface area contributed by atoms with E-state index >= 15 is 0 Å². The Hall–Kier alpha value is -3.22. The maximum absolute atomic E-state index is 12.8. The van der Waals surface area contributed by atoms with Gasteiger partial charge in [-0.1, -0.05) is 59.6 Å². The van der Waals surface area contributed by atoms with E-state index < -0.39 is 17.9 Å². The van der Waals surface area contributed by atoms with Crippen molar-refractivity contribution in [2.24, 2.45) is 0 Å². The van der Waals surface area contributed by atoms with Gasteiger partial charge in [0.15, 0.2) is 0 Å². The molecule has 1 atom stereocenters. The number of hydrogen-bond donors (Lipinski definition) is 1. The summed E-state index contributed by atoms with van der Waals surface area (Å²) in [5.41, 5.74) is 2.56. The second-order valence-electron chi connectivity index (χ2n) is 7.08. The van der Waals surface area contributed by atoms with Gasteiger partial charge in [-0.2, -0.15) is 0 Å². The fraction of sp³-hybridized carbons (Fsp3) is 0.200. The molecule has 3 aromatic rings. The molecular formula is C25H23Cl2NO5. The Balaban J connectivity index is 1.89. The van der Waals surface area contributed by atoms with Crippen molar-refractivity contribution >= 4 is 35.1 Å². The Bertz CT molecular complexity index is 1150. The van der Waals surface area contributed by atoms with Crippen molar-refractivity contribution in [3.05, 3.63) is 81.8 Å². The zero-order chi connectivity index (χ0) is 24.0. The number of benzene rings is 3. The molecule has 6 nitrogen and oxygen atoms in total. The van der Waals surface area contributed by atoms with Gasteiger partial charge >= 0.3 is 5.97 Å². The minimum atomic E-state index is -0.961. The number of nitrogens with one attached hydrogen (secondary N) is 1. The third-order valence-electron chi connectivity index (χ3n) is 5.08. The van der Waals surface area contributed by atoms with Crippen LogP contribution >= 0.6 is 23.2 Å². The SMILES string of the molecule is COC(=O)[C@H](Cc1ccc(-c2ccccc2OC)c(OC)c1)NC(=O)c1c(Cl)cccc1Cl. The van der Waals surface area contributed by atoms with Crippen LogP contribution in [0.4, 0.5) is 0 Å². The number of ether oxygens (including phenoxy) is 3. The second-order valence-corrected chi connectivity index (χ2v) is 7.90. The molecule has 0 aliphatic rings. The van der Waals surface area contributed by atoms with Gasteiger partial charge in [-0.15, -0.1) is 0 Å². The lowest BCUT2D eigenvalue weighted by molar-refractivity contribution is -0.142. The Kier molecular flexibility index (Phi) is 8.20. The van der Waals surface area contributed by atoms with Gasteiger partial charge in [-0.25, -0.2) is 4.79 Å². The van der Waals surface area contributed by atoms with E-state index in [0.717, 1.165) is 16.7 Å². The van der Waals surface area contributed by atoms with Crippen LogP contribution in [0.1, 0.15) is 15.9 Å². The number of halogens is 2. The molecule has 0 aliphatic carbocycles. The molecular weight excluding hydrogens is 465 g/mol. The van der Waals surface area contributed by atoms with Gasteiger partial charge in [0, 0.05) is 17.5 Å². The molecule has 3 rings (SSSR count). The summed E-state index contributed by atoms with van der Waals surface area (Å²) in [6, 6.07) is 16.9. The van der Waals surface area contributed by atoms with E-state index in [2.05, 4.69) is 5.32 Å². The number of amides is 1. The van der Waals surface area contributed by atoms with E-state index in [-0.39, 0.29) is 22.0 Å². The summed E-state index contributed by atoms with van der Waals surface area (Å²) in [6.45, 7) is 0. The minimum Gasteiger partial charge on any atom is -0.496 e. The summed E-state index contributed by atoms with van der Waals surface area (Å²) in [5.74, 6) is 0.138. The molecule has 1 amide bonds. The molecule has 172 valence electrons. The van der Waals surface area contributed by atoms with Crippen molar-refractivity contribution in [2.45, 2.75) is 12.5 Å². The number of methoxy groups -OCH3 is 3. The Morgan fingerprint density at radius 1 is 0.848 bits per heavy atom. The van der Waals surface area contributed by atoms with Gasteiger partial charge in [0.25, 0.3) is 5.91 Å². The predicted octanol–water partition coefficient (Wildman–Crippen LogP) is 5.19. The average Bonchev–Trinajstić information content (AvgIpc) is 2.82. The second kappa shape index (κ2) is 11.1.